The number of benzene rings is 1. The predicted molar refractivity (Wildman–Crippen MR) is 69.8 cm³/mol. The van der Waals surface area contributed by atoms with Crippen molar-refractivity contribution in [2.24, 2.45) is 0 Å². The molecule has 0 saturated carbocycles. The lowest BCUT2D eigenvalue weighted by Gasteiger charge is -2.07. The zero-order chi connectivity index (χ0) is 13.7. The monoisotopic (exact) mass is 277 g/mol. The van der Waals surface area contributed by atoms with E-state index in [0.29, 0.717) is 11.3 Å². The van der Waals surface area contributed by atoms with Crippen LogP contribution in [-0.2, 0) is 10.0 Å². The summed E-state index contributed by atoms with van der Waals surface area (Å²) in [5, 5.41) is 8.65. The van der Waals surface area contributed by atoms with E-state index in [1.54, 1.807) is 24.3 Å². The van der Waals surface area contributed by atoms with E-state index >= 15 is 0 Å². The maximum atomic E-state index is 12.0. The van der Waals surface area contributed by atoms with Crippen molar-refractivity contribution in [1.29, 1.82) is 0 Å². The summed E-state index contributed by atoms with van der Waals surface area (Å²) >= 11 is 0. The molecule has 0 radical (unpaired) electrons. The molecule has 1 aromatic heterocycles. The van der Waals surface area contributed by atoms with E-state index in [2.05, 4.69) is 26.5 Å². The Kier molecular flexibility index (Phi) is 3.85. The number of aromatic nitrogens is 2. The lowest BCUT2D eigenvalue weighted by atomic mass is 10.2. The number of aromatic amines is 1. The number of nitrogens with one attached hydrogen (secondary N) is 2. The van der Waals surface area contributed by atoms with Crippen molar-refractivity contribution < 1.29 is 13.5 Å². The van der Waals surface area contributed by atoms with Crippen molar-refractivity contribution >= 4 is 15.7 Å². The van der Waals surface area contributed by atoms with Crippen LogP contribution >= 0.6 is 0 Å². The third-order valence-electron chi connectivity index (χ3n) is 2.24. The smallest absolute Gasteiger partial charge is 0.279 e. The Morgan fingerprint density at radius 2 is 2.16 bits per heavy atom. The highest BCUT2D eigenvalue weighted by Crippen LogP contribution is 2.17. The quantitative estimate of drug-likeness (QED) is 0.714. The molecule has 0 unspecified atom stereocenters. The fourth-order valence-electron chi connectivity index (χ4n) is 1.41. The topological polar surface area (TPSA) is 95.1 Å². The Morgan fingerprint density at radius 1 is 1.37 bits per heavy atom. The molecule has 3 N–H and O–H groups in total. The van der Waals surface area contributed by atoms with Crippen molar-refractivity contribution in [2.75, 3.05) is 11.3 Å². The SMILES string of the molecule is O=S(=O)(Nc1ccccc1C#CCO)c1cnc[nH]1. The van der Waals surface area contributed by atoms with Crippen LogP contribution in [0.3, 0.4) is 0 Å². The Labute approximate surface area is 110 Å². The van der Waals surface area contributed by atoms with E-state index in [1.807, 2.05) is 0 Å². The van der Waals surface area contributed by atoms with Crippen LogP contribution < -0.4 is 4.72 Å². The number of anilines is 1. The predicted octanol–water partition coefficient (Wildman–Crippen LogP) is 0.554. The summed E-state index contributed by atoms with van der Waals surface area (Å²) in [6.45, 7) is -0.290. The highest BCUT2D eigenvalue weighted by atomic mass is 32.2. The van der Waals surface area contributed by atoms with Crippen molar-refractivity contribution in [3.8, 4) is 11.8 Å². The largest absolute Gasteiger partial charge is 0.384 e. The molecule has 0 aliphatic rings. The van der Waals surface area contributed by atoms with Gasteiger partial charge in [0.05, 0.1) is 18.2 Å². The molecule has 0 fully saturated rings. The normalized spacial score (nSPS) is 10.6. The van der Waals surface area contributed by atoms with Crippen LogP contribution in [0.25, 0.3) is 0 Å². The Hall–Kier alpha value is -2.30. The highest BCUT2D eigenvalue weighted by Gasteiger charge is 2.16. The summed E-state index contributed by atoms with van der Waals surface area (Å²) in [6.07, 6.45) is 2.50. The number of nitrogens with zero attached hydrogens (tertiary/aromatic N) is 1. The van der Waals surface area contributed by atoms with Crippen LogP contribution in [0.2, 0.25) is 0 Å². The zero-order valence-electron chi connectivity index (χ0n) is 9.79. The van der Waals surface area contributed by atoms with Gasteiger partial charge in [-0.05, 0) is 12.1 Å². The molecule has 0 bridgehead atoms. The molecular formula is C12H11N3O3S. The first-order valence-electron chi connectivity index (χ1n) is 5.33. The maximum Gasteiger partial charge on any atom is 0.279 e. The van der Waals surface area contributed by atoms with Crippen LogP contribution in [0.4, 0.5) is 5.69 Å². The molecule has 98 valence electrons. The van der Waals surface area contributed by atoms with E-state index in [4.69, 9.17) is 5.11 Å². The van der Waals surface area contributed by atoms with Gasteiger partial charge in [0.1, 0.15) is 6.61 Å². The van der Waals surface area contributed by atoms with E-state index in [9.17, 15) is 8.42 Å². The standard InChI is InChI=1S/C12H11N3O3S/c16-7-3-5-10-4-1-2-6-11(10)15-19(17,18)12-8-13-9-14-12/h1-2,4,6,8-9,15-16H,7H2,(H,13,14). The van der Waals surface area contributed by atoms with E-state index in [1.165, 1.54) is 12.5 Å². The number of rotatable bonds is 3. The first-order chi connectivity index (χ1) is 9.13. The van der Waals surface area contributed by atoms with Crippen LogP contribution in [-0.4, -0.2) is 30.1 Å². The van der Waals surface area contributed by atoms with Crippen LogP contribution in [0.5, 0.6) is 0 Å². The lowest BCUT2D eigenvalue weighted by molar-refractivity contribution is 0.350. The Bertz CT molecular complexity index is 712. The second-order valence-corrected chi connectivity index (χ2v) is 5.18. The van der Waals surface area contributed by atoms with Gasteiger partial charge in [-0.15, -0.1) is 0 Å². The van der Waals surface area contributed by atoms with Crippen molar-refractivity contribution in [2.45, 2.75) is 5.03 Å². The van der Waals surface area contributed by atoms with Gasteiger partial charge >= 0.3 is 0 Å². The van der Waals surface area contributed by atoms with Crippen LogP contribution in [0, 0.1) is 11.8 Å². The maximum absolute atomic E-state index is 12.0. The fraction of sp³-hybridized carbons (Fsp3) is 0.0833. The molecule has 0 saturated heterocycles. The minimum atomic E-state index is -3.72. The van der Waals surface area contributed by atoms with E-state index in [0.717, 1.165) is 0 Å². The zero-order valence-corrected chi connectivity index (χ0v) is 10.6. The summed E-state index contributed by atoms with van der Waals surface area (Å²) in [4.78, 5) is 6.19. The number of H-pyrrole nitrogens is 1. The lowest BCUT2D eigenvalue weighted by Crippen LogP contribution is -2.14. The van der Waals surface area contributed by atoms with Gasteiger partial charge in [0.25, 0.3) is 10.0 Å². The Balaban J connectivity index is 2.34. The molecular weight excluding hydrogens is 266 g/mol. The molecule has 1 heterocycles. The number of aliphatic hydroxyl groups is 1. The summed E-state index contributed by atoms with van der Waals surface area (Å²) in [6, 6.07) is 6.67. The second-order valence-electron chi connectivity index (χ2n) is 3.53. The number of hydrogen-bond acceptors (Lipinski definition) is 4. The highest BCUT2D eigenvalue weighted by molar-refractivity contribution is 7.92. The van der Waals surface area contributed by atoms with Gasteiger partial charge in [-0.25, -0.2) is 4.98 Å². The molecule has 0 atom stereocenters. The van der Waals surface area contributed by atoms with Gasteiger partial charge in [0.2, 0.25) is 0 Å². The second kappa shape index (κ2) is 5.56. The molecule has 1 aromatic carbocycles. The van der Waals surface area contributed by atoms with Crippen molar-refractivity contribution in [1.82, 2.24) is 9.97 Å². The molecule has 19 heavy (non-hydrogen) atoms. The van der Waals surface area contributed by atoms with Crippen molar-refractivity contribution in [3.05, 3.63) is 42.4 Å². The first-order valence-corrected chi connectivity index (χ1v) is 6.82. The number of aliphatic hydroxyl groups excluding tert-OH is 1. The number of imidazole rings is 1. The third-order valence-corrected chi connectivity index (χ3v) is 3.53. The molecule has 0 aliphatic carbocycles. The Morgan fingerprint density at radius 3 is 2.84 bits per heavy atom. The van der Waals surface area contributed by atoms with Crippen LogP contribution in [0.15, 0.2) is 41.8 Å². The summed E-state index contributed by atoms with van der Waals surface area (Å²) in [7, 11) is -3.72. The molecule has 6 nitrogen and oxygen atoms in total. The average Bonchev–Trinajstić information content (AvgIpc) is 2.92. The minimum absolute atomic E-state index is 0.0302. The fourth-order valence-corrected chi connectivity index (χ4v) is 2.39. The number of hydrogen-bond donors (Lipinski definition) is 3. The van der Waals surface area contributed by atoms with Gasteiger partial charge < -0.3 is 10.1 Å². The van der Waals surface area contributed by atoms with Crippen molar-refractivity contribution in [3.63, 3.8) is 0 Å². The molecule has 0 spiro atoms. The minimum Gasteiger partial charge on any atom is -0.384 e. The number of sulfonamides is 1. The third kappa shape index (κ3) is 3.13. The van der Waals surface area contributed by atoms with Gasteiger partial charge in [0, 0.05) is 5.56 Å². The van der Waals surface area contributed by atoms with Gasteiger partial charge in [-0.1, -0.05) is 24.0 Å². The van der Waals surface area contributed by atoms with E-state index < -0.39 is 10.0 Å². The van der Waals surface area contributed by atoms with E-state index in [-0.39, 0.29) is 11.6 Å². The molecule has 2 rings (SSSR count). The average molecular weight is 277 g/mol. The molecule has 2 aromatic rings. The van der Waals surface area contributed by atoms with Gasteiger partial charge in [-0.3, -0.25) is 4.72 Å². The molecule has 7 heteroatoms. The van der Waals surface area contributed by atoms with Gasteiger partial charge in [0.15, 0.2) is 5.03 Å². The van der Waals surface area contributed by atoms with Gasteiger partial charge in [-0.2, -0.15) is 8.42 Å². The first kappa shape index (κ1) is 13.1. The summed E-state index contributed by atoms with van der Waals surface area (Å²) < 4.78 is 26.4. The van der Waals surface area contributed by atoms with Crippen LogP contribution in [0.1, 0.15) is 5.56 Å². The summed E-state index contributed by atoms with van der Waals surface area (Å²) in [5.74, 6) is 5.15. The summed E-state index contributed by atoms with van der Waals surface area (Å²) in [5.41, 5.74) is 0.831. The molecule has 0 aliphatic heterocycles. The molecule has 0 amide bonds. The number of para-hydroxylation sites is 1.